The van der Waals surface area contributed by atoms with E-state index in [2.05, 4.69) is 21.2 Å². The van der Waals surface area contributed by atoms with Crippen molar-refractivity contribution in [2.75, 3.05) is 19.0 Å². The minimum Gasteiger partial charge on any atom is -0.465 e. The molecule has 1 rings (SSSR count). The van der Waals surface area contributed by atoms with Gasteiger partial charge in [-0.1, -0.05) is 15.9 Å². The third-order valence-corrected chi connectivity index (χ3v) is 2.60. The number of methoxy groups -OCH3 is 1. The average Bonchev–Trinajstić information content (AvgIpc) is 2.22. The molecule has 0 bridgehead atoms. The van der Waals surface area contributed by atoms with Gasteiger partial charge in [0, 0.05) is 16.7 Å². The lowest BCUT2D eigenvalue weighted by Crippen LogP contribution is -2.07. The summed E-state index contributed by atoms with van der Waals surface area (Å²) in [5, 5.41) is 3.20. The lowest BCUT2D eigenvalue weighted by Gasteiger charge is -2.11. The van der Waals surface area contributed by atoms with Crippen molar-refractivity contribution in [3.8, 4) is 0 Å². The standard InChI is InChI=1S/C11H14BrNO2/c1-4-13-10-6-8(12)5-9(7(10)2)11(14)15-3/h5-6,13H,4H2,1-3H3. The second kappa shape index (κ2) is 5.16. The van der Waals surface area contributed by atoms with E-state index in [4.69, 9.17) is 4.74 Å². The summed E-state index contributed by atoms with van der Waals surface area (Å²) in [6.07, 6.45) is 0. The Morgan fingerprint density at radius 3 is 2.73 bits per heavy atom. The molecular formula is C11H14BrNO2. The van der Waals surface area contributed by atoms with Gasteiger partial charge in [-0.25, -0.2) is 4.79 Å². The normalized spacial score (nSPS) is 9.87. The Kier molecular flexibility index (Phi) is 4.15. The van der Waals surface area contributed by atoms with Gasteiger partial charge in [-0.2, -0.15) is 0 Å². The summed E-state index contributed by atoms with van der Waals surface area (Å²) in [4.78, 5) is 11.5. The number of anilines is 1. The summed E-state index contributed by atoms with van der Waals surface area (Å²) in [5.41, 5.74) is 2.45. The molecule has 4 heteroatoms. The third kappa shape index (κ3) is 2.72. The lowest BCUT2D eigenvalue weighted by atomic mass is 10.1. The van der Waals surface area contributed by atoms with Crippen molar-refractivity contribution in [1.82, 2.24) is 0 Å². The van der Waals surface area contributed by atoms with Crippen LogP contribution in [-0.4, -0.2) is 19.6 Å². The van der Waals surface area contributed by atoms with Crippen molar-refractivity contribution < 1.29 is 9.53 Å². The maximum atomic E-state index is 11.5. The summed E-state index contributed by atoms with van der Waals surface area (Å²) in [6, 6.07) is 3.72. The van der Waals surface area contributed by atoms with Crippen LogP contribution in [0.15, 0.2) is 16.6 Å². The number of benzene rings is 1. The van der Waals surface area contributed by atoms with Crippen molar-refractivity contribution >= 4 is 27.6 Å². The third-order valence-electron chi connectivity index (χ3n) is 2.14. The molecular weight excluding hydrogens is 258 g/mol. The zero-order chi connectivity index (χ0) is 11.4. The van der Waals surface area contributed by atoms with Gasteiger partial charge in [-0.3, -0.25) is 0 Å². The van der Waals surface area contributed by atoms with E-state index in [9.17, 15) is 4.79 Å². The molecule has 0 saturated carbocycles. The van der Waals surface area contributed by atoms with Crippen molar-refractivity contribution in [3.05, 3.63) is 27.7 Å². The molecule has 3 nitrogen and oxygen atoms in total. The smallest absolute Gasteiger partial charge is 0.338 e. The summed E-state index contributed by atoms with van der Waals surface area (Å²) in [5.74, 6) is -0.312. The van der Waals surface area contributed by atoms with Gasteiger partial charge in [0.2, 0.25) is 0 Å². The number of carbonyl (C=O) groups is 1. The molecule has 0 fully saturated rings. The number of hydrogen-bond acceptors (Lipinski definition) is 3. The van der Waals surface area contributed by atoms with Gasteiger partial charge < -0.3 is 10.1 Å². The molecule has 0 atom stereocenters. The van der Waals surface area contributed by atoms with Crippen molar-refractivity contribution in [2.24, 2.45) is 0 Å². The van der Waals surface area contributed by atoms with Gasteiger partial charge in [-0.05, 0) is 31.5 Å². The quantitative estimate of drug-likeness (QED) is 0.860. The summed E-state index contributed by atoms with van der Waals surface area (Å²) in [7, 11) is 1.38. The number of esters is 1. The molecule has 0 aliphatic heterocycles. The van der Waals surface area contributed by atoms with Gasteiger partial charge >= 0.3 is 5.97 Å². The minimum absolute atomic E-state index is 0.312. The second-order valence-electron chi connectivity index (χ2n) is 3.15. The Morgan fingerprint density at radius 1 is 1.53 bits per heavy atom. The average molecular weight is 272 g/mol. The molecule has 0 aromatic heterocycles. The molecule has 0 radical (unpaired) electrons. The van der Waals surface area contributed by atoms with Gasteiger partial charge in [0.05, 0.1) is 12.7 Å². The van der Waals surface area contributed by atoms with Gasteiger partial charge in [-0.15, -0.1) is 0 Å². The van der Waals surface area contributed by atoms with Crippen LogP contribution in [0.2, 0.25) is 0 Å². The second-order valence-corrected chi connectivity index (χ2v) is 4.06. The number of rotatable bonds is 3. The monoisotopic (exact) mass is 271 g/mol. The Labute approximate surface area is 97.9 Å². The Bertz CT molecular complexity index is 377. The van der Waals surface area contributed by atoms with Crippen molar-refractivity contribution in [3.63, 3.8) is 0 Å². The first-order valence-electron chi connectivity index (χ1n) is 4.72. The molecule has 0 aliphatic rings. The SMILES string of the molecule is CCNc1cc(Br)cc(C(=O)OC)c1C. The zero-order valence-corrected chi connectivity index (χ0v) is 10.6. The molecule has 0 heterocycles. The topological polar surface area (TPSA) is 38.3 Å². The van der Waals surface area contributed by atoms with E-state index in [1.165, 1.54) is 7.11 Å². The Hall–Kier alpha value is -1.03. The van der Waals surface area contributed by atoms with Crippen LogP contribution in [0.5, 0.6) is 0 Å². The van der Waals surface area contributed by atoms with Gasteiger partial charge in [0.15, 0.2) is 0 Å². The molecule has 0 amide bonds. The van der Waals surface area contributed by atoms with Crippen LogP contribution < -0.4 is 5.32 Å². The predicted molar refractivity (Wildman–Crippen MR) is 64.4 cm³/mol. The molecule has 1 aromatic carbocycles. The van der Waals surface area contributed by atoms with E-state index in [0.717, 1.165) is 22.3 Å². The van der Waals surface area contributed by atoms with E-state index in [0.29, 0.717) is 5.56 Å². The van der Waals surface area contributed by atoms with Crippen LogP contribution in [0.3, 0.4) is 0 Å². The van der Waals surface area contributed by atoms with Crippen LogP contribution in [-0.2, 0) is 4.74 Å². The largest absolute Gasteiger partial charge is 0.465 e. The van der Waals surface area contributed by atoms with E-state index in [-0.39, 0.29) is 5.97 Å². The summed E-state index contributed by atoms with van der Waals surface area (Å²) < 4.78 is 5.58. The number of halogens is 1. The van der Waals surface area contributed by atoms with Crippen LogP contribution in [0.1, 0.15) is 22.8 Å². The highest BCUT2D eigenvalue weighted by Crippen LogP contribution is 2.25. The van der Waals surface area contributed by atoms with E-state index < -0.39 is 0 Å². The molecule has 82 valence electrons. The molecule has 0 spiro atoms. The Morgan fingerprint density at radius 2 is 2.20 bits per heavy atom. The first-order chi connectivity index (χ1) is 7.10. The Balaban J connectivity index is 3.21. The number of hydrogen-bond donors (Lipinski definition) is 1. The molecule has 15 heavy (non-hydrogen) atoms. The first-order valence-corrected chi connectivity index (χ1v) is 5.51. The van der Waals surface area contributed by atoms with Crippen LogP contribution in [0, 0.1) is 6.92 Å². The highest BCUT2D eigenvalue weighted by molar-refractivity contribution is 9.10. The van der Waals surface area contributed by atoms with E-state index in [1.54, 1.807) is 6.07 Å². The van der Waals surface area contributed by atoms with Crippen molar-refractivity contribution in [1.29, 1.82) is 0 Å². The molecule has 0 unspecified atom stereocenters. The fraction of sp³-hybridized carbons (Fsp3) is 0.364. The maximum absolute atomic E-state index is 11.5. The van der Waals surface area contributed by atoms with Crippen molar-refractivity contribution in [2.45, 2.75) is 13.8 Å². The zero-order valence-electron chi connectivity index (χ0n) is 9.06. The van der Waals surface area contributed by atoms with Crippen LogP contribution >= 0.6 is 15.9 Å². The first kappa shape index (κ1) is 12.0. The van der Waals surface area contributed by atoms with Gasteiger partial charge in [0.25, 0.3) is 0 Å². The summed E-state index contributed by atoms with van der Waals surface area (Å²) >= 11 is 3.37. The number of ether oxygens (including phenoxy) is 1. The molecule has 0 saturated heterocycles. The van der Waals surface area contributed by atoms with E-state index >= 15 is 0 Å². The molecule has 1 aromatic rings. The van der Waals surface area contributed by atoms with Crippen LogP contribution in [0.25, 0.3) is 0 Å². The predicted octanol–water partition coefficient (Wildman–Crippen LogP) is 2.98. The fourth-order valence-electron chi connectivity index (χ4n) is 1.38. The maximum Gasteiger partial charge on any atom is 0.338 e. The summed E-state index contributed by atoms with van der Waals surface area (Å²) in [6.45, 7) is 4.73. The minimum atomic E-state index is -0.312. The lowest BCUT2D eigenvalue weighted by molar-refractivity contribution is 0.0600. The van der Waals surface area contributed by atoms with Gasteiger partial charge in [0.1, 0.15) is 0 Å². The highest BCUT2D eigenvalue weighted by atomic mass is 79.9. The fourth-order valence-corrected chi connectivity index (χ4v) is 1.83. The number of carbonyl (C=O) groups excluding carboxylic acids is 1. The van der Waals surface area contributed by atoms with E-state index in [1.807, 2.05) is 19.9 Å². The molecule has 1 N–H and O–H groups in total. The highest BCUT2D eigenvalue weighted by Gasteiger charge is 2.13. The van der Waals surface area contributed by atoms with Crippen LogP contribution in [0.4, 0.5) is 5.69 Å². The number of nitrogens with one attached hydrogen (secondary N) is 1. The molecule has 0 aliphatic carbocycles.